The molecular formula is C28H31NO6P-3. The maximum absolute atomic E-state index is 10.0. The second-order valence-electron chi connectivity index (χ2n) is 9.33. The number of likely N-dealkylation sites (tertiary alicyclic amines) is 1. The Hall–Kier alpha value is -2.67. The summed E-state index contributed by atoms with van der Waals surface area (Å²) in [6, 6.07) is 25.4. The molecule has 1 aliphatic heterocycles. The highest BCUT2D eigenvalue weighted by atomic mass is 31.2. The molecule has 2 aliphatic rings. The van der Waals surface area contributed by atoms with Crippen LogP contribution in [0.2, 0.25) is 0 Å². The molecule has 1 N–H and O–H groups in total. The number of phenols is 1. The van der Waals surface area contributed by atoms with Gasteiger partial charge < -0.3 is 29.1 Å². The molecule has 1 saturated heterocycles. The minimum absolute atomic E-state index is 0.283. The summed E-state index contributed by atoms with van der Waals surface area (Å²) in [5.41, 5.74) is 5.30. The van der Waals surface area contributed by atoms with E-state index < -0.39 is 7.82 Å². The number of hydrogen-bond donors (Lipinski definition) is 1. The molecule has 0 aromatic heterocycles. The van der Waals surface area contributed by atoms with E-state index in [1.54, 1.807) is 0 Å². The summed E-state index contributed by atoms with van der Waals surface area (Å²) in [5.74, 6) is 2.02. The van der Waals surface area contributed by atoms with E-state index in [0.29, 0.717) is 11.7 Å². The van der Waals surface area contributed by atoms with E-state index >= 15 is 0 Å². The van der Waals surface area contributed by atoms with Crippen LogP contribution in [0, 0.1) is 0 Å². The largest absolute Gasteiger partial charge is 0.822 e. The van der Waals surface area contributed by atoms with Crippen LogP contribution in [0.15, 0.2) is 72.8 Å². The van der Waals surface area contributed by atoms with Gasteiger partial charge >= 0.3 is 0 Å². The number of phenolic OH excluding ortho intramolecular Hbond substituents is 1. The van der Waals surface area contributed by atoms with Crippen LogP contribution >= 0.6 is 7.82 Å². The third-order valence-electron chi connectivity index (χ3n) is 6.93. The van der Waals surface area contributed by atoms with Gasteiger partial charge in [0.15, 0.2) is 0 Å². The Morgan fingerprint density at radius 3 is 2.25 bits per heavy atom. The van der Waals surface area contributed by atoms with Crippen molar-refractivity contribution in [3.63, 3.8) is 0 Å². The van der Waals surface area contributed by atoms with Gasteiger partial charge in [-0.3, -0.25) is 4.90 Å². The zero-order chi connectivity index (χ0) is 25.5. The summed E-state index contributed by atoms with van der Waals surface area (Å²) >= 11 is 0. The Labute approximate surface area is 212 Å². The lowest BCUT2D eigenvalue weighted by Gasteiger charge is -2.36. The molecule has 8 heteroatoms. The van der Waals surface area contributed by atoms with Crippen molar-refractivity contribution >= 4 is 7.82 Å². The molecule has 3 aromatic rings. The minimum Gasteiger partial charge on any atom is -0.822 e. The lowest BCUT2D eigenvalue weighted by Crippen LogP contribution is -2.25. The average Bonchev–Trinajstić information content (AvgIpc) is 3.37. The Morgan fingerprint density at radius 1 is 0.917 bits per heavy atom. The Bertz CT molecular complexity index is 1150. The number of fused-ring (bicyclic) bond motifs is 1. The maximum atomic E-state index is 10.0. The van der Waals surface area contributed by atoms with E-state index in [1.807, 2.05) is 12.1 Å². The number of phosphoric acid groups is 1. The van der Waals surface area contributed by atoms with Crippen LogP contribution in [0.1, 0.15) is 53.4 Å². The van der Waals surface area contributed by atoms with Gasteiger partial charge in [0.2, 0.25) is 0 Å². The monoisotopic (exact) mass is 508 g/mol. The first-order valence-electron chi connectivity index (χ1n) is 12.3. The van der Waals surface area contributed by atoms with Gasteiger partial charge in [0, 0.05) is 12.5 Å². The van der Waals surface area contributed by atoms with Crippen molar-refractivity contribution in [3.05, 3.63) is 95.1 Å². The quantitative estimate of drug-likeness (QED) is 0.509. The molecule has 1 heterocycles. The third kappa shape index (κ3) is 7.42. The molecule has 0 radical (unpaired) electrons. The number of aromatic hydroxyl groups is 1. The summed E-state index contributed by atoms with van der Waals surface area (Å²) in [7, 11) is -5.39. The van der Waals surface area contributed by atoms with Crippen molar-refractivity contribution in [2.75, 3.05) is 26.2 Å². The predicted octanol–water partition coefficient (Wildman–Crippen LogP) is 2.90. The molecule has 0 spiro atoms. The molecule has 0 unspecified atom stereocenters. The summed E-state index contributed by atoms with van der Waals surface area (Å²) in [6.07, 6.45) is 4.71. The smallest absolute Gasteiger partial charge is 0.119 e. The summed E-state index contributed by atoms with van der Waals surface area (Å²) in [6.45, 7) is 4.18. The van der Waals surface area contributed by atoms with E-state index in [-0.39, 0.29) is 5.92 Å². The molecule has 36 heavy (non-hydrogen) atoms. The molecule has 7 nitrogen and oxygen atoms in total. The van der Waals surface area contributed by atoms with Gasteiger partial charge in [-0.1, -0.05) is 48.5 Å². The molecule has 0 saturated carbocycles. The molecule has 1 aliphatic carbocycles. The van der Waals surface area contributed by atoms with Crippen LogP contribution in [0.4, 0.5) is 0 Å². The molecule has 5 rings (SSSR count). The second kappa shape index (κ2) is 12.0. The van der Waals surface area contributed by atoms with Gasteiger partial charge in [-0.25, -0.2) is 0 Å². The van der Waals surface area contributed by atoms with Crippen molar-refractivity contribution in [3.8, 4) is 11.5 Å². The van der Waals surface area contributed by atoms with Crippen LogP contribution in [-0.4, -0.2) is 36.2 Å². The summed E-state index contributed by atoms with van der Waals surface area (Å²) < 4.78 is 14.6. The van der Waals surface area contributed by atoms with Gasteiger partial charge in [0.05, 0.1) is 0 Å². The van der Waals surface area contributed by atoms with Crippen molar-refractivity contribution in [2.24, 2.45) is 0 Å². The number of aryl methyl sites for hydroxylation is 1. The Balaban J connectivity index is 0.000000556. The fourth-order valence-corrected chi connectivity index (χ4v) is 5.35. The fraction of sp³-hybridized carbons (Fsp3) is 0.357. The van der Waals surface area contributed by atoms with E-state index in [9.17, 15) is 5.11 Å². The molecule has 0 bridgehead atoms. The van der Waals surface area contributed by atoms with E-state index in [1.165, 1.54) is 48.2 Å². The summed E-state index contributed by atoms with van der Waals surface area (Å²) in [4.78, 5) is 28.1. The molecular weight excluding hydrogens is 477 g/mol. The van der Waals surface area contributed by atoms with E-state index in [4.69, 9.17) is 24.0 Å². The average molecular weight is 509 g/mol. The molecule has 1 fully saturated rings. The molecule has 0 amide bonds. The highest BCUT2D eigenvalue weighted by molar-refractivity contribution is 7.40. The third-order valence-corrected chi connectivity index (χ3v) is 6.93. The van der Waals surface area contributed by atoms with Crippen LogP contribution < -0.4 is 19.4 Å². The van der Waals surface area contributed by atoms with Crippen LogP contribution in [0.5, 0.6) is 11.5 Å². The maximum Gasteiger partial charge on any atom is 0.119 e. The normalized spacial score (nSPS) is 19.8. The number of benzene rings is 3. The van der Waals surface area contributed by atoms with Gasteiger partial charge in [0.25, 0.3) is 0 Å². The van der Waals surface area contributed by atoms with E-state index in [0.717, 1.165) is 31.7 Å². The van der Waals surface area contributed by atoms with Crippen LogP contribution in [0.25, 0.3) is 0 Å². The molecule has 3 aromatic carbocycles. The van der Waals surface area contributed by atoms with Gasteiger partial charge in [-0.15, -0.1) is 0 Å². The Morgan fingerprint density at radius 2 is 1.58 bits per heavy atom. The molecule has 2 atom stereocenters. The van der Waals surface area contributed by atoms with Crippen molar-refractivity contribution in [1.82, 2.24) is 4.90 Å². The minimum atomic E-state index is -5.39. The lowest BCUT2D eigenvalue weighted by molar-refractivity contribution is -0.432. The standard InChI is InChI=1S/C28H31NO2.H3O4P/c30-24-11-15-27-23(20-24)10-14-26(21-6-2-1-3-7-21)28(27)22-8-12-25(13-9-22)31-19-18-29-16-4-5-17-29;1-5(2,3)4/h1-3,6-9,11-13,15,20,26,28,30H,4-5,10,14,16-19H2;(H3,1,2,3,4)/p-3/t26-,28+;/m1./s1. The van der Waals surface area contributed by atoms with Crippen molar-refractivity contribution in [2.45, 2.75) is 37.5 Å². The van der Waals surface area contributed by atoms with Crippen molar-refractivity contribution in [1.29, 1.82) is 0 Å². The number of ether oxygens (including phenoxy) is 1. The first-order valence-corrected chi connectivity index (χ1v) is 13.8. The topological polar surface area (TPSA) is 119 Å². The van der Waals surface area contributed by atoms with Crippen molar-refractivity contribution < 1.29 is 29.1 Å². The SMILES string of the molecule is O=P([O-])([O-])[O-].Oc1ccc2c(c1)CC[C@H](c1ccccc1)[C@@H]2c1ccc(OCCN2CCCC2)cc1. The van der Waals surface area contributed by atoms with Gasteiger partial charge in [-0.05, 0) is 91.2 Å². The highest BCUT2D eigenvalue weighted by Gasteiger charge is 2.32. The Kier molecular flexibility index (Phi) is 8.83. The van der Waals surface area contributed by atoms with Gasteiger partial charge in [0.1, 0.15) is 18.1 Å². The predicted molar refractivity (Wildman–Crippen MR) is 133 cm³/mol. The second-order valence-corrected chi connectivity index (χ2v) is 10.2. The zero-order valence-corrected chi connectivity index (χ0v) is 21.0. The number of nitrogens with zero attached hydrogens (tertiary/aromatic N) is 1. The fourth-order valence-electron chi connectivity index (χ4n) is 5.35. The van der Waals surface area contributed by atoms with E-state index in [2.05, 4.69) is 65.6 Å². The lowest BCUT2D eigenvalue weighted by atomic mass is 9.69. The number of hydrogen-bond acceptors (Lipinski definition) is 7. The van der Waals surface area contributed by atoms with Crippen LogP contribution in [0.3, 0.4) is 0 Å². The number of rotatable bonds is 6. The zero-order valence-electron chi connectivity index (χ0n) is 20.1. The molecule has 192 valence electrons. The summed E-state index contributed by atoms with van der Waals surface area (Å²) in [5, 5.41) is 10.0. The first kappa shape index (κ1) is 26.4. The van der Waals surface area contributed by atoms with Gasteiger partial charge in [-0.2, -0.15) is 7.82 Å². The highest BCUT2D eigenvalue weighted by Crippen LogP contribution is 2.47. The van der Waals surface area contributed by atoms with Crippen LogP contribution in [-0.2, 0) is 11.0 Å². The first-order chi connectivity index (χ1) is 17.3.